The van der Waals surface area contributed by atoms with Gasteiger partial charge in [0.2, 0.25) is 11.8 Å². The number of hydrogen-bond acceptors (Lipinski definition) is 3. The number of benzene rings is 3. The Bertz CT molecular complexity index is 1040. The van der Waals surface area contributed by atoms with Crippen LogP contribution in [-0.2, 0) is 9.59 Å². The Morgan fingerprint density at radius 3 is 1.86 bits per heavy atom. The van der Waals surface area contributed by atoms with Crippen molar-refractivity contribution in [1.29, 1.82) is 0 Å². The van der Waals surface area contributed by atoms with Crippen molar-refractivity contribution < 1.29 is 14.4 Å². The van der Waals surface area contributed by atoms with Gasteiger partial charge in [-0.15, -0.1) is 0 Å². The van der Waals surface area contributed by atoms with Crippen LogP contribution in [0.25, 0.3) is 11.1 Å². The molecule has 3 amide bonds. The van der Waals surface area contributed by atoms with Crippen LogP contribution in [-0.4, -0.2) is 17.7 Å². The molecule has 6 nitrogen and oxygen atoms in total. The van der Waals surface area contributed by atoms with Gasteiger partial charge in [0, 0.05) is 36.3 Å². The summed E-state index contributed by atoms with van der Waals surface area (Å²) >= 11 is 0. The van der Waals surface area contributed by atoms with Gasteiger partial charge in [-0.2, -0.15) is 0 Å². The van der Waals surface area contributed by atoms with Crippen LogP contribution >= 0.6 is 0 Å². The SMILES string of the molecule is CC(=O)Nc1ccc(-c2ccc(NC(C)=O)cc2NC(=O)c2ccccc2)cc1. The van der Waals surface area contributed by atoms with Crippen LogP contribution in [0.1, 0.15) is 24.2 Å². The predicted octanol–water partition coefficient (Wildman–Crippen LogP) is 4.52. The largest absolute Gasteiger partial charge is 0.326 e. The van der Waals surface area contributed by atoms with E-state index in [0.717, 1.165) is 11.1 Å². The molecule has 0 spiro atoms. The first-order valence-corrected chi connectivity index (χ1v) is 9.08. The zero-order valence-corrected chi connectivity index (χ0v) is 16.2. The summed E-state index contributed by atoms with van der Waals surface area (Å²) in [4.78, 5) is 35.3. The Balaban J connectivity index is 1.96. The monoisotopic (exact) mass is 387 g/mol. The minimum absolute atomic E-state index is 0.145. The number of nitrogens with one attached hydrogen (secondary N) is 3. The second-order valence-electron chi connectivity index (χ2n) is 6.52. The molecule has 0 atom stereocenters. The Labute approximate surface area is 169 Å². The molecule has 3 rings (SSSR count). The molecule has 146 valence electrons. The summed E-state index contributed by atoms with van der Waals surface area (Å²) in [6.45, 7) is 2.88. The third-order valence-electron chi connectivity index (χ3n) is 4.14. The molecule has 0 aliphatic rings. The predicted molar refractivity (Wildman–Crippen MR) is 115 cm³/mol. The number of anilines is 3. The molecule has 3 aromatic carbocycles. The maximum atomic E-state index is 12.7. The van der Waals surface area contributed by atoms with Crippen molar-refractivity contribution in [1.82, 2.24) is 0 Å². The minimum atomic E-state index is -0.248. The summed E-state index contributed by atoms with van der Waals surface area (Å²) in [5.41, 5.74) is 4.02. The summed E-state index contributed by atoms with van der Waals surface area (Å²) in [5, 5.41) is 8.38. The molecule has 0 bridgehead atoms. The summed E-state index contributed by atoms with van der Waals surface area (Å²) in [7, 11) is 0. The van der Waals surface area contributed by atoms with E-state index < -0.39 is 0 Å². The lowest BCUT2D eigenvalue weighted by Crippen LogP contribution is -2.13. The normalized spacial score (nSPS) is 10.1. The van der Waals surface area contributed by atoms with E-state index in [2.05, 4.69) is 16.0 Å². The molecule has 0 saturated carbocycles. The highest BCUT2D eigenvalue weighted by Gasteiger charge is 2.12. The second-order valence-corrected chi connectivity index (χ2v) is 6.52. The number of amides is 3. The average Bonchev–Trinajstić information content (AvgIpc) is 2.69. The maximum absolute atomic E-state index is 12.7. The molecule has 6 heteroatoms. The molecule has 0 fully saturated rings. The van der Waals surface area contributed by atoms with Crippen molar-refractivity contribution in [3.8, 4) is 11.1 Å². The zero-order chi connectivity index (χ0) is 20.8. The van der Waals surface area contributed by atoms with Crippen molar-refractivity contribution in [3.05, 3.63) is 78.4 Å². The fraction of sp³-hybridized carbons (Fsp3) is 0.0870. The summed E-state index contributed by atoms with van der Waals surface area (Å²) in [6.07, 6.45) is 0. The van der Waals surface area contributed by atoms with Gasteiger partial charge in [-0.05, 0) is 42.0 Å². The van der Waals surface area contributed by atoms with Gasteiger partial charge in [0.25, 0.3) is 5.91 Å². The highest BCUT2D eigenvalue weighted by atomic mass is 16.2. The van der Waals surface area contributed by atoms with E-state index in [-0.39, 0.29) is 17.7 Å². The molecule has 0 aromatic heterocycles. The van der Waals surface area contributed by atoms with E-state index in [9.17, 15) is 14.4 Å². The number of rotatable bonds is 5. The van der Waals surface area contributed by atoms with E-state index in [0.29, 0.717) is 22.6 Å². The highest BCUT2D eigenvalue weighted by molar-refractivity contribution is 6.07. The van der Waals surface area contributed by atoms with Crippen LogP contribution in [0, 0.1) is 0 Å². The smallest absolute Gasteiger partial charge is 0.255 e. The molecule has 0 aliphatic carbocycles. The van der Waals surface area contributed by atoms with Crippen molar-refractivity contribution in [2.45, 2.75) is 13.8 Å². The van der Waals surface area contributed by atoms with E-state index in [1.165, 1.54) is 13.8 Å². The lowest BCUT2D eigenvalue weighted by molar-refractivity contribution is -0.115. The van der Waals surface area contributed by atoms with E-state index >= 15 is 0 Å². The Kier molecular flexibility index (Phi) is 6.04. The average molecular weight is 387 g/mol. The van der Waals surface area contributed by atoms with Crippen LogP contribution in [0.2, 0.25) is 0 Å². The quantitative estimate of drug-likeness (QED) is 0.601. The summed E-state index contributed by atoms with van der Waals surface area (Å²) in [5.74, 6) is -0.590. The van der Waals surface area contributed by atoms with Gasteiger partial charge in [0.15, 0.2) is 0 Å². The van der Waals surface area contributed by atoms with Gasteiger partial charge in [-0.3, -0.25) is 14.4 Å². The molecular weight excluding hydrogens is 366 g/mol. The molecule has 0 aliphatic heterocycles. The third kappa shape index (κ3) is 5.29. The van der Waals surface area contributed by atoms with Crippen LogP contribution in [0.5, 0.6) is 0 Å². The maximum Gasteiger partial charge on any atom is 0.255 e. The van der Waals surface area contributed by atoms with Gasteiger partial charge in [-0.25, -0.2) is 0 Å². The fourth-order valence-corrected chi connectivity index (χ4v) is 2.90. The van der Waals surface area contributed by atoms with Gasteiger partial charge >= 0.3 is 0 Å². The lowest BCUT2D eigenvalue weighted by Gasteiger charge is -2.14. The first-order valence-electron chi connectivity index (χ1n) is 9.08. The first-order chi connectivity index (χ1) is 13.9. The van der Waals surface area contributed by atoms with E-state index in [4.69, 9.17) is 0 Å². The van der Waals surface area contributed by atoms with Gasteiger partial charge in [0.1, 0.15) is 0 Å². The van der Waals surface area contributed by atoms with Crippen molar-refractivity contribution in [3.63, 3.8) is 0 Å². The minimum Gasteiger partial charge on any atom is -0.326 e. The topological polar surface area (TPSA) is 87.3 Å². The third-order valence-corrected chi connectivity index (χ3v) is 4.14. The molecular formula is C23H21N3O3. The highest BCUT2D eigenvalue weighted by Crippen LogP contribution is 2.32. The van der Waals surface area contributed by atoms with Gasteiger partial charge < -0.3 is 16.0 Å². The Morgan fingerprint density at radius 1 is 0.655 bits per heavy atom. The molecule has 3 aromatic rings. The zero-order valence-electron chi connectivity index (χ0n) is 16.2. The first kappa shape index (κ1) is 19.8. The van der Waals surface area contributed by atoms with Crippen LogP contribution in [0.3, 0.4) is 0 Å². The molecule has 0 unspecified atom stereocenters. The molecule has 0 heterocycles. The number of carbonyl (C=O) groups excluding carboxylic acids is 3. The van der Waals surface area contributed by atoms with Gasteiger partial charge in [-0.1, -0.05) is 36.4 Å². The van der Waals surface area contributed by atoms with Crippen molar-refractivity contribution in [2.75, 3.05) is 16.0 Å². The van der Waals surface area contributed by atoms with Crippen LogP contribution in [0.15, 0.2) is 72.8 Å². The Hall–Kier alpha value is -3.93. The van der Waals surface area contributed by atoms with Crippen molar-refractivity contribution >= 4 is 34.8 Å². The van der Waals surface area contributed by atoms with E-state index in [1.807, 2.05) is 24.3 Å². The molecule has 29 heavy (non-hydrogen) atoms. The molecule has 3 N–H and O–H groups in total. The summed E-state index contributed by atoms with van der Waals surface area (Å²) in [6, 6.07) is 21.5. The second kappa shape index (κ2) is 8.84. The number of hydrogen-bond donors (Lipinski definition) is 3. The molecule has 0 radical (unpaired) electrons. The van der Waals surface area contributed by atoms with Crippen LogP contribution in [0.4, 0.5) is 17.1 Å². The van der Waals surface area contributed by atoms with Crippen molar-refractivity contribution in [2.24, 2.45) is 0 Å². The molecule has 0 saturated heterocycles. The van der Waals surface area contributed by atoms with E-state index in [1.54, 1.807) is 48.5 Å². The standard InChI is InChI=1S/C23H21N3O3/c1-15(27)24-19-10-8-17(9-11-19)21-13-12-20(25-16(2)28)14-22(21)26-23(29)18-6-4-3-5-7-18/h3-14H,1-2H3,(H,24,27)(H,25,28)(H,26,29). The van der Waals surface area contributed by atoms with Gasteiger partial charge in [0.05, 0.1) is 5.69 Å². The Morgan fingerprint density at radius 2 is 1.24 bits per heavy atom. The lowest BCUT2D eigenvalue weighted by atomic mass is 10.0. The number of carbonyl (C=O) groups is 3. The summed E-state index contributed by atoms with van der Waals surface area (Å²) < 4.78 is 0. The van der Waals surface area contributed by atoms with Crippen LogP contribution < -0.4 is 16.0 Å². The fourth-order valence-electron chi connectivity index (χ4n) is 2.90.